The molecule has 146 valence electrons. The van der Waals surface area contributed by atoms with Gasteiger partial charge in [0, 0.05) is 23.4 Å². The predicted octanol–water partition coefficient (Wildman–Crippen LogP) is 4.20. The van der Waals surface area contributed by atoms with E-state index in [0.29, 0.717) is 17.0 Å². The number of carbonyl (C=O) groups is 3. The number of hydrogen-bond acceptors (Lipinski definition) is 6. The van der Waals surface area contributed by atoms with Gasteiger partial charge in [-0.25, -0.2) is 0 Å². The molecule has 28 heavy (non-hydrogen) atoms. The summed E-state index contributed by atoms with van der Waals surface area (Å²) in [5.41, 5.74) is 2.24. The Hall–Kier alpha value is -2.93. The number of esters is 1. The normalized spacial score (nSPS) is 10.8. The third-order valence-electron chi connectivity index (χ3n) is 4.48. The van der Waals surface area contributed by atoms with Gasteiger partial charge in [0.2, 0.25) is 5.78 Å². The van der Waals surface area contributed by atoms with Gasteiger partial charge in [-0.3, -0.25) is 14.4 Å². The van der Waals surface area contributed by atoms with Crippen LogP contribution in [0.2, 0.25) is 0 Å². The summed E-state index contributed by atoms with van der Waals surface area (Å²) in [7, 11) is 0. The summed E-state index contributed by atoms with van der Waals surface area (Å²) in [5.74, 6) is -0.123. The molecule has 0 amide bonds. The second kappa shape index (κ2) is 8.84. The van der Waals surface area contributed by atoms with Crippen molar-refractivity contribution < 1.29 is 23.5 Å². The van der Waals surface area contributed by atoms with Crippen LogP contribution in [0.25, 0.3) is 0 Å². The minimum atomic E-state index is -0.553. The molecule has 0 bridgehead atoms. The second-order valence-corrected chi connectivity index (χ2v) is 7.38. The van der Waals surface area contributed by atoms with Crippen LogP contribution in [0.1, 0.15) is 50.0 Å². The lowest BCUT2D eigenvalue weighted by Gasteiger charge is -2.08. The number of thiophene rings is 1. The topological polar surface area (TPSA) is 78.5 Å². The highest BCUT2D eigenvalue weighted by molar-refractivity contribution is 7.12. The first-order valence-corrected chi connectivity index (χ1v) is 9.78. The van der Waals surface area contributed by atoms with Crippen molar-refractivity contribution in [2.24, 2.45) is 0 Å². The maximum Gasteiger partial charge on any atom is 0.306 e. The molecule has 0 unspecified atom stereocenters. The van der Waals surface area contributed by atoms with Crippen LogP contribution >= 0.6 is 11.3 Å². The predicted molar refractivity (Wildman–Crippen MR) is 105 cm³/mol. The Bertz CT molecular complexity index is 967. The van der Waals surface area contributed by atoms with Crippen molar-refractivity contribution in [3.05, 3.63) is 69.6 Å². The van der Waals surface area contributed by atoms with Crippen LogP contribution in [0.5, 0.6) is 0 Å². The standard InChI is InChI=1S/C21H21NO5S/c1-14-11-17(15(2)22(14)12-16-5-3-9-26-16)19(24)13-27-21(25)8-7-18(23)20-6-4-10-28-20/h3-6,9-11H,7-8,12-13H2,1-2H3. The monoisotopic (exact) mass is 399 g/mol. The van der Waals surface area contributed by atoms with Crippen LogP contribution in [0.4, 0.5) is 0 Å². The van der Waals surface area contributed by atoms with E-state index < -0.39 is 5.97 Å². The summed E-state index contributed by atoms with van der Waals surface area (Å²) in [6.45, 7) is 3.96. The van der Waals surface area contributed by atoms with Gasteiger partial charge in [-0.2, -0.15) is 0 Å². The highest BCUT2D eigenvalue weighted by atomic mass is 32.1. The minimum Gasteiger partial charge on any atom is -0.467 e. The van der Waals surface area contributed by atoms with Crippen LogP contribution in [0.3, 0.4) is 0 Å². The van der Waals surface area contributed by atoms with E-state index in [2.05, 4.69) is 0 Å². The smallest absolute Gasteiger partial charge is 0.306 e. The van der Waals surface area contributed by atoms with Gasteiger partial charge >= 0.3 is 5.97 Å². The zero-order valence-corrected chi connectivity index (χ0v) is 16.6. The molecule has 3 heterocycles. The van der Waals surface area contributed by atoms with Gasteiger partial charge in [0.15, 0.2) is 12.4 Å². The van der Waals surface area contributed by atoms with Crippen LogP contribution < -0.4 is 0 Å². The molecule has 0 atom stereocenters. The molecular weight excluding hydrogens is 378 g/mol. The molecule has 0 spiro atoms. The average Bonchev–Trinajstić information content (AvgIpc) is 3.43. The molecular formula is C21H21NO5S. The highest BCUT2D eigenvalue weighted by Crippen LogP contribution is 2.18. The van der Waals surface area contributed by atoms with Gasteiger partial charge < -0.3 is 13.7 Å². The first-order valence-electron chi connectivity index (χ1n) is 8.90. The summed E-state index contributed by atoms with van der Waals surface area (Å²) in [5, 5.41) is 1.81. The summed E-state index contributed by atoms with van der Waals surface area (Å²) >= 11 is 1.34. The van der Waals surface area contributed by atoms with Crippen molar-refractivity contribution in [2.45, 2.75) is 33.2 Å². The van der Waals surface area contributed by atoms with Crippen LogP contribution in [0.15, 0.2) is 46.4 Å². The van der Waals surface area contributed by atoms with Crippen LogP contribution in [0, 0.1) is 13.8 Å². The van der Waals surface area contributed by atoms with Crippen molar-refractivity contribution in [3.63, 3.8) is 0 Å². The number of nitrogens with zero attached hydrogens (tertiary/aromatic N) is 1. The highest BCUT2D eigenvalue weighted by Gasteiger charge is 2.18. The number of aryl methyl sites for hydroxylation is 1. The average molecular weight is 399 g/mol. The molecule has 0 aliphatic heterocycles. The van der Waals surface area contributed by atoms with E-state index in [-0.39, 0.29) is 31.0 Å². The molecule has 0 aromatic carbocycles. The van der Waals surface area contributed by atoms with E-state index >= 15 is 0 Å². The number of rotatable bonds is 9. The van der Waals surface area contributed by atoms with Crippen molar-refractivity contribution in [1.29, 1.82) is 0 Å². The largest absolute Gasteiger partial charge is 0.467 e. The fraction of sp³-hybridized carbons (Fsp3) is 0.286. The molecule has 0 aliphatic rings. The van der Waals surface area contributed by atoms with Crippen molar-refractivity contribution in [3.8, 4) is 0 Å². The van der Waals surface area contributed by atoms with Gasteiger partial charge in [0.05, 0.1) is 24.1 Å². The lowest BCUT2D eigenvalue weighted by molar-refractivity contribution is -0.142. The van der Waals surface area contributed by atoms with E-state index in [9.17, 15) is 14.4 Å². The molecule has 3 aromatic heterocycles. The molecule has 0 N–H and O–H groups in total. The SMILES string of the molecule is Cc1cc(C(=O)COC(=O)CCC(=O)c2cccs2)c(C)n1Cc1ccco1. The lowest BCUT2D eigenvalue weighted by Crippen LogP contribution is -2.15. The molecule has 3 rings (SSSR count). The summed E-state index contributed by atoms with van der Waals surface area (Å²) < 4.78 is 12.4. The Morgan fingerprint density at radius 1 is 1.11 bits per heavy atom. The van der Waals surface area contributed by atoms with E-state index in [0.717, 1.165) is 17.1 Å². The number of ether oxygens (including phenoxy) is 1. The van der Waals surface area contributed by atoms with Gasteiger partial charge in [-0.15, -0.1) is 11.3 Å². The quantitative estimate of drug-likeness (QED) is 0.398. The first kappa shape index (κ1) is 19.8. The van der Waals surface area contributed by atoms with Gasteiger partial charge in [-0.1, -0.05) is 6.07 Å². The lowest BCUT2D eigenvalue weighted by atomic mass is 10.1. The number of hydrogen-bond donors (Lipinski definition) is 0. The number of Topliss-reactive ketones (excluding diaryl/α,β-unsaturated/α-hetero) is 2. The number of furan rings is 1. The van der Waals surface area contributed by atoms with E-state index in [1.807, 2.05) is 35.9 Å². The van der Waals surface area contributed by atoms with E-state index in [1.165, 1.54) is 11.3 Å². The Kier molecular flexibility index (Phi) is 6.26. The maximum atomic E-state index is 12.5. The molecule has 7 heteroatoms. The number of carbonyl (C=O) groups excluding carboxylic acids is 3. The number of ketones is 2. The Morgan fingerprint density at radius 3 is 2.61 bits per heavy atom. The van der Waals surface area contributed by atoms with Gasteiger partial charge in [0.1, 0.15) is 5.76 Å². The Morgan fingerprint density at radius 2 is 1.93 bits per heavy atom. The van der Waals surface area contributed by atoms with Gasteiger partial charge in [0.25, 0.3) is 0 Å². The minimum absolute atomic E-state index is 0.0402. The maximum absolute atomic E-state index is 12.5. The van der Waals surface area contributed by atoms with Crippen LogP contribution in [-0.2, 0) is 16.1 Å². The second-order valence-electron chi connectivity index (χ2n) is 6.43. The Balaban J connectivity index is 1.53. The Labute approximate surface area is 166 Å². The zero-order chi connectivity index (χ0) is 20.1. The summed E-state index contributed by atoms with van der Waals surface area (Å²) in [6, 6.07) is 8.99. The van der Waals surface area contributed by atoms with Crippen LogP contribution in [-0.4, -0.2) is 28.7 Å². The number of aromatic nitrogens is 1. The summed E-state index contributed by atoms with van der Waals surface area (Å²) in [6.07, 6.45) is 1.64. The summed E-state index contributed by atoms with van der Waals surface area (Å²) in [4.78, 5) is 36.9. The van der Waals surface area contributed by atoms with Crippen molar-refractivity contribution in [2.75, 3.05) is 6.61 Å². The van der Waals surface area contributed by atoms with Gasteiger partial charge in [-0.05, 0) is 43.5 Å². The first-order chi connectivity index (χ1) is 13.5. The fourth-order valence-corrected chi connectivity index (χ4v) is 3.65. The van der Waals surface area contributed by atoms with E-state index in [4.69, 9.17) is 9.15 Å². The molecule has 3 aromatic rings. The molecule has 0 radical (unpaired) electrons. The molecule has 0 fully saturated rings. The fourth-order valence-electron chi connectivity index (χ4n) is 2.96. The molecule has 6 nitrogen and oxygen atoms in total. The molecule has 0 aliphatic carbocycles. The van der Waals surface area contributed by atoms with Crippen molar-refractivity contribution >= 4 is 28.9 Å². The molecule has 0 saturated heterocycles. The third kappa shape index (κ3) is 4.67. The third-order valence-corrected chi connectivity index (χ3v) is 5.40. The van der Waals surface area contributed by atoms with E-state index in [1.54, 1.807) is 24.5 Å². The molecule has 0 saturated carbocycles. The van der Waals surface area contributed by atoms with Crippen molar-refractivity contribution in [1.82, 2.24) is 4.57 Å². The zero-order valence-electron chi connectivity index (χ0n) is 15.8.